The van der Waals surface area contributed by atoms with Crippen molar-refractivity contribution in [3.05, 3.63) is 125 Å². The quantitative estimate of drug-likeness (QED) is 0.116. The van der Waals surface area contributed by atoms with Crippen molar-refractivity contribution in [2.24, 2.45) is 5.92 Å². The first-order valence-corrected chi connectivity index (χ1v) is 16.5. The van der Waals surface area contributed by atoms with Crippen molar-refractivity contribution < 1.29 is 28.9 Å². The van der Waals surface area contributed by atoms with Gasteiger partial charge in [-0.15, -0.1) is 11.8 Å². The Morgan fingerprint density at radius 1 is 0.826 bits per heavy atom. The SMILES string of the molecule is CCOC(=O)CNC(=O)NCc1cccc(-c2cccc(C3OC(CSc4ccccc4)C(C)C(c4ccc(CO)cc4)O3)c2)c1. The van der Waals surface area contributed by atoms with E-state index in [0.29, 0.717) is 6.54 Å². The van der Waals surface area contributed by atoms with Crippen LogP contribution in [0.15, 0.2) is 108 Å². The smallest absolute Gasteiger partial charge is 0.325 e. The summed E-state index contributed by atoms with van der Waals surface area (Å²) in [5, 5.41) is 14.9. The van der Waals surface area contributed by atoms with Gasteiger partial charge < -0.3 is 30.0 Å². The fourth-order valence-corrected chi connectivity index (χ4v) is 6.43. The molecule has 0 radical (unpaired) electrons. The van der Waals surface area contributed by atoms with Gasteiger partial charge in [-0.2, -0.15) is 0 Å². The Labute approximate surface area is 274 Å². The standard InChI is InChI=1S/C37H40N2O6S/c1-3-43-34(41)22-39-37(42)38-21-27-9-7-10-29(19-27)30-11-8-12-31(20-30)36-44-33(24-46-32-13-5-4-6-14-32)25(2)35(45-36)28-17-15-26(23-40)16-18-28/h4-20,25,33,35-36,40H,3,21-24H2,1-2H3,(H2,38,39,42). The van der Waals surface area contributed by atoms with Crippen LogP contribution in [-0.2, 0) is 32.2 Å². The molecule has 1 fully saturated rings. The van der Waals surface area contributed by atoms with E-state index in [9.17, 15) is 14.7 Å². The van der Waals surface area contributed by atoms with E-state index in [1.165, 1.54) is 4.90 Å². The number of hydrogen-bond donors (Lipinski definition) is 3. The summed E-state index contributed by atoms with van der Waals surface area (Å²) >= 11 is 1.77. The monoisotopic (exact) mass is 640 g/mol. The molecule has 4 aromatic carbocycles. The summed E-state index contributed by atoms with van der Waals surface area (Å²) in [7, 11) is 0. The van der Waals surface area contributed by atoms with Gasteiger partial charge in [0.25, 0.3) is 0 Å². The largest absolute Gasteiger partial charge is 0.465 e. The Morgan fingerprint density at radius 3 is 2.30 bits per heavy atom. The average molecular weight is 641 g/mol. The molecular formula is C37H40N2O6S. The van der Waals surface area contributed by atoms with Crippen molar-refractivity contribution in [3.63, 3.8) is 0 Å². The third kappa shape index (κ3) is 8.98. The highest BCUT2D eigenvalue weighted by atomic mass is 32.2. The summed E-state index contributed by atoms with van der Waals surface area (Å²) in [4.78, 5) is 24.9. The molecule has 1 aliphatic heterocycles. The molecule has 1 heterocycles. The topological polar surface area (TPSA) is 106 Å². The van der Waals surface area contributed by atoms with Crippen molar-refractivity contribution in [2.45, 2.75) is 50.4 Å². The molecule has 3 N–H and O–H groups in total. The van der Waals surface area contributed by atoms with Crippen LogP contribution in [0, 0.1) is 5.92 Å². The second kappa shape index (κ2) is 16.4. The maximum Gasteiger partial charge on any atom is 0.325 e. The molecule has 240 valence electrons. The van der Waals surface area contributed by atoms with Crippen LogP contribution in [0.3, 0.4) is 0 Å². The lowest BCUT2D eigenvalue weighted by Gasteiger charge is -2.41. The fraction of sp³-hybridized carbons (Fsp3) is 0.297. The van der Waals surface area contributed by atoms with E-state index >= 15 is 0 Å². The number of urea groups is 1. The Kier molecular flexibility index (Phi) is 11.9. The maximum absolute atomic E-state index is 12.2. The van der Waals surface area contributed by atoms with Gasteiger partial charge in [-0.1, -0.05) is 85.8 Å². The van der Waals surface area contributed by atoms with E-state index in [1.807, 2.05) is 84.9 Å². The zero-order chi connectivity index (χ0) is 32.3. The first kappa shape index (κ1) is 33.2. The molecule has 0 spiro atoms. The zero-order valence-corrected chi connectivity index (χ0v) is 26.9. The van der Waals surface area contributed by atoms with Gasteiger partial charge in [0.15, 0.2) is 6.29 Å². The number of nitrogens with one attached hydrogen (secondary N) is 2. The highest BCUT2D eigenvalue weighted by Gasteiger charge is 2.38. The molecule has 4 atom stereocenters. The highest BCUT2D eigenvalue weighted by Crippen LogP contribution is 2.43. The molecule has 0 aromatic heterocycles. The molecule has 0 aliphatic carbocycles. The number of benzene rings is 4. The van der Waals surface area contributed by atoms with Crippen LogP contribution in [0.25, 0.3) is 11.1 Å². The van der Waals surface area contributed by atoms with Crippen molar-refractivity contribution in [3.8, 4) is 11.1 Å². The number of ether oxygens (including phenoxy) is 3. The van der Waals surface area contributed by atoms with E-state index in [-0.39, 0.29) is 37.9 Å². The van der Waals surface area contributed by atoms with E-state index in [1.54, 1.807) is 18.7 Å². The van der Waals surface area contributed by atoms with Crippen LogP contribution >= 0.6 is 11.8 Å². The minimum absolute atomic E-state index is 0.00380. The van der Waals surface area contributed by atoms with Crippen molar-refractivity contribution in [1.29, 1.82) is 0 Å². The van der Waals surface area contributed by atoms with Crippen LogP contribution in [0.2, 0.25) is 0 Å². The lowest BCUT2D eigenvalue weighted by Crippen LogP contribution is -2.38. The second-order valence-corrected chi connectivity index (χ2v) is 12.2. The molecule has 4 aromatic rings. The molecule has 0 saturated carbocycles. The van der Waals surface area contributed by atoms with Crippen molar-refractivity contribution >= 4 is 23.8 Å². The molecule has 1 aliphatic rings. The molecule has 1 saturated heterocycles. The Morgan fingerprint density at radius 2 is 1.57 bits per heavy atom. The van der Waals surface area contributed by atoms with Crippen LogP contribution in [-0.4, -0.2) is 42.1 Å². The molecule has 8 nitrogen and oxygen atoms in total. The van der Waals surface area contributed by atoms with E-state index < -0.39 is 18.3 Å². The number of carbonyl (C=O) groups is 2. The van der Waals surface area contributed by atoms with Gasteiger partial charge in [-0.25, -0.2) is 4.79 Å². The predicted octanol–water partition coefficient (Wildman–Crippen LogP) is 6.79. The van der Waals surface area contributed by atoms with Gasteiger partial charge in [0.05, 0.1) is 25.4 Å². The highest BCUT2D eigenvalue weighted by molar-refractivity contribution is 7.99. The third-order valence-electron chi connectivity index (χ3n) is 7.85. The molecule has 46 heavy (non-hydrogen) atoms. The molecule has 9 heteroatoms. The minimum Gasteiger partial charge on any atom is -0.465 e. The predicted molar refractivity (Wildman–Crippen MR) is 179 cm³/mol. The van der Waals surface area contributed by atoms with E-state index in [4.69, 9.17) is 14.2 Å². The van der Waals surface area contributed by atoms with Crippen LogP contribution < -0.4 is 10.6 Å². The summed E-state index contributed by atoms with van der Waals surface area (Å²) in [6, 6.07) is 33.9. The molecule has 0 bridgehead atoms. The zero-order valence-electron chi connectivity index (χ0n) is 26.1. The van der Waals surface area contributed by atoms with Crippen LogP contribution in [0.5, 0.6) is 0 Å². The molecule has 2 amide bonds. The molecular weight excluding hydrogens is 600 g/mol. The summed E-state index contributed by atoms with van der Waals surface area (Å²) in [6.45, 7) is 4.27. The van der Waals surface area contributed by atoms with E-state index in [2.05, 4.69) is 35.8 Å². The minimum atomic E-state index is -0.576. The summed E-state index contributed by atoms with van der Waals surface area (Å²) < 4.78 is 18.2. The first-order chi connectivity index (χ1) is 22.4. The number of esters is 1. The third-order valence-corrected chi connectivity index (χ3v) is 8.95. The van der Waals surface area contributed by atoms with Gasteiger partial charge in [0.2, 0.25) is 0 Å². The van der Waals surface area contributed by atoms with E-state index in [0.717, 1.165) is 39.1 Å². The number of aliphatic hydroxyl groups is 1. The lowest BCUT2D eigenvalue weighted by atomic mass is 9.91. The number of thioether (sulfide) groups is 1. The van der Waals surface area contributed by atoms with Crippen LogP contribution in [0.1, 0.15) is 48.5 Å². The number of amides is 2. The molecule has 4 unspecified atom stereocenters. The number of carbonyl (C=O) groups excluding carboxylic acids is 2. The Bertz CT molecular complexity index is 1580. The average Bonchev–Trinajstić information content (AvgIpc) is 3.10. The number of hydrogen-bond acceptors (Lipinski definition) is 7. The van der Waals surface area contributed by atoms with Crippen molar-refractivity contribution in [2.75, 3.05) is 18.9 Å². The van der Waals surface area contributed by atoms with Crippen LogP contribution in [0.4, 0.5) is 4.79 Å². The lowest BCUT2D eigenvalue weighted by molar-refractivity contribution is -0.268. The van der Waals surface area contributed by atoms with Gasteiger partial charge in [0, 0.05) is 28.7 Å². The second-order valence-electron chi connectivity index (χ2n) is 11.1. The fourth-order valence-electron chi connectivity index (χ4n) is 5.34. The van der Waals surface area contributed by atoms with Crippen molar-refractivity contribution in [1.82, 2.24) is 10.6 Å². The summed E-state index contributed by atoms with van der Waals surface area (Å²) in [5.41, 5.74) is 5.73. The number of rotatable bonds is 12. The maximum atomic E-state index is 12.2. The molecule has 5 rings (SSSR count). The summed E-state index contributed by atoms with van der Waals surface area (Å²) in [6.07, 6.45) is -0.839. The number of aliphatic hydroxyl groups excluding tert-OH is 1. The van der Waals surface area contributed by atoms with Gasteiger partial charge in [-0.3, -0.25) is 4.79 Å². The van der Waals surface area contributed by atoms with Gasteiger partial charge in [0.1, 0.15) is 6.54 Å². The van der Waals surface area contributed by atoms with Gasteiger partial charge >= 0.3 is 12.0 Å². The normalized spacial score (nSPS) is 19.3. The first-order valence-electron chi connectivity index (χ1n) is 15.5. The summed E-state index contributed by atoms with van der Waals surface area (Å²) in [5.74, 6) is 0.389. The van der Waals surface area contributed by atoms with Gasteiger partial charge in [-0.05, 0) is 59.0 Å². The Balaban J connectivity index is 1.32. The Hall–Kier alpha value is -4.15.